The Morgan fingerprint density at radius 2 is 2.00 bits per heavy atom. The van der Waals surface area contributed by atoms with E-state index >= 15 is 0 Å². The average Bonchev–Trinajstić information content (AvgIpc) is 2.73. The topological polar surface area (TPSA) is 39.4 Å². The average molecular weight is 356 g/mol. The van der Waals surface area contributed by atoms with E-state index in [0.29, 0.717) is 23.7 Å². The van der Waals surface area contributed by atoms with Gasteiger partial charge in [-0.2, -0.15) is 0 Å². The molecular formula is C14H13IO3. The molecule has 0 aliphatic carbocycles. The van der Waals surface area contributed by atoms with Gasteiger partial charge in [0, 0.05) is 9.13 Å². The van der Waals surface area contributed by atoms with Crippen LogP contribution in [0.5, 0.6) is 0 Å². The summed E-state index contributed by atoms with van der Waals surface area (Å²) in [5.74, 6) is 0.928. The Bertz CT molecular complexity index is 555. The van der Waals surface area contributed by atoms with Gasteiger partial charge in [0.2, 0.25) is 0 Å². The van der Waals surface area contributed by atoms with Crippen molar-refractivity contribution in [3.8, 4) is 11.3 Å². The Kier molecular flexibility index (Phi) is 4.06. The van der Waals surface area contributed by atoms with E-state index in [-0.39, 0.29) is 5.97 Å². The first-order valence-corrected chi connectivity index (χ1v) is 6.73. The molecule has 0 aliphatic heterocycles. The Balaban J connectivity index is 2.44. The minimum absolute atomic E-state index is 0.345. The molecule has 0 aliphatic rings. The zero-order valence-electron chi connectivity index (χ0n) is 10.2. The number of furan rings is 1. The van der Waals surface area contributed by atoms with E-state index in [2.05, 4.69) is 22.6 Å². The molecule has 1 aromatic carbocycles. The van der Waals surface area contributed by atoms with Crippen LogP contribution in [-0.2, 0) is 4.74 Å². The third kappa shape index (κ3) is 2.75. The number of hydrogen-bond acceptors (Lipinski definition) is 3. The van der Waals surface area contributed by atoms with Crippen LogP contribution >= 0.6 is 22.6 Å². The molecule has 0 N–H and O–H groups in total. The molecule has 0 radical (unpaired) electrons. The maximum atomic E-state index is 11.8. The summed E-state index contributed by atoms with van der Waals surface area (Å²) >= 11 is 2.23. The SMILES string of the molecule is CCOC(=O)c1cc(C)oc1-c1ccc(I)cc1. The number of rotatable bonds is 3. The van der Waals surface area contributed by atoms with Crippen molar-refractivity contribution in [1.82, 2.24) is 0 Å². The van der Waals surface area contributed by atoms with Crippen molar-refractivity contribution in [3.63, 3.8) is 0 Å². The van der Waals surface area contributed by atoms with E-state index < -0.39 is 0 Å². The van der Waals surface area contributed by atoms with Gasteiger partial charge in [0.25, 0.3) is 0 Å². The number of carbonyl (C=O) groups excluding carboxylic acids is 1. The molecule has 0 atom stereocenters. The van der Waals surface area contributed by atoms with E-state index in [0.717, 1.165) is 9.13 Å². The zero-order chi connectivity index (χ0) is 13.1. The summed E-state index contributed by atoms with van der Waals surface area (Å²) in [6, 6.07) is 9.53. The second-order valence-corrected chi connectivity index (χ2v) is 5.07. The molecule has 2 aromatic rings. The largest absolute Gasteiger partial charge is 0.462 e. The lowest BCUT2D eigenvalue weighted by atomic mass is 10.1. The third-order valence-corrected chi connectivity index (χ3v) is 3.18. The Morgan fingerprint density at radius 1 is 1.33 bits per heavy atom. The number of aryl methyl sites for hydroxylation is 1. The van der Waals surface area contributed by atoms with Crippen molar-refractivity contribution in [2.75, 3.05) is 6.61 Å². The molecule has 1 aromatic heterocycles. The second-order valence-electron chi connectivity index (χ2n) is 3.83. The minimum atomic E-state index is -0.345. The van der Waals surface area contributed by atoms with Crippen LogP contribution in [0.3, 0.4) is 0 Å². The molecule has 3 nitrogen and oxygen atoms in total. The molecule has 0 saturated carbocycles. The molecule has 0 spiro atoms. The fourth-order valence-corrected chi connectivity index (χ4v) is 2.05. The lowest BCUT2D eigenvalue weighted by molar-refractivity contribution is 0.0527. The van der Waals surface area contributed by atoms with Gasteiger partial charge in [-0.3, -0.25) is 0 Å². The van der Waals surface area contributed by atoms with Crippen molar-refractivity contribution in [1.29, 1.82) is 0 Å². The number of ether oxygens (including phenoxy) is 1. The predicted octanol–water partition coefficient (Wildman–Crippen LogP) is 4.04. The standard InChI is InChI=1S/C14H13IO3/c1-3-17-14(16)12-8-9(2)18-13(12)10-4-6-11(15)7-5-10/h4-8H,3H2,1-2H3. The van der Waals surface area contributed by atoms with E-state index in [1.807, 2.05) is 31.2 Å². The molecule has 2 rings (SSSR count). The fourth-order valence-electron chi connectivity index (χ4n) is 1.69. The highest BCUT2D eigenvalue weighted by Crippen LogP contribution is 2.28. The highest BCUT2D eigenvalue weighted by atomic mass is 127. The quantitative estimate of drug-likeness (QED) is 0.616. The number of halogens is 1. The molecule has 0 bridgehead atoms. The fraction of sp³-hybridized carbons (Fsp3) is 0.214. The summed E-state index contributed by atoms with van der Waals surface area (Å²) in [7, 11) is 0. The predicted molar refractivity (Wildman–Crippen MR) is 77.6 cm³/mol. The molecule has 0 fully saturated rings. The van der Waals surface area contributed by atoms with Gasteiger partial charge in [0.1, 0.15) is 17.1 Å². The molecular weight excluding hydrogens is 343 g/mol. The first kappa shape index (κ1) is 13.1. The zero-order valence-corrected chi connectivity index (χ0v) is 12.4. The number of esters is 1. The van der Waals surface area contributed by atoms with Crippen LogP contribution in [0.15, 0.2) is 34.7 Å². The smallest absolute Gasteiger partial charge is 0.342 e. The molecule has 0 unspecified atom stereocenters. The van der Waals surface area contributed by atoms with Crippen LogP contribution in [-0.4, -0.2) is 12.6 Å². The van der Waals surface area contributed by atoms with Gasteiger partial charge in [-0.05, 0) is 54.6 Å². The highest BCUT2D eigenvalue weighted by Gasteiger charge is 2.18. The Hall–Kier alpha value is -1.30. The summed E-state index contributed by atoms with van der Waals surface area (Å²) in [6.45, 7) is 3.96. The molecule has 4 heteroatoms. The lowest BCUT2D eigenvalue weighted by Crippen LogP contribution is -2.04. The summed E-state index contributed by atoms with van der Waals surface area (Å²) < 4.78 is 11.8. The van der Waals surface area contributed by atoms with Crippen LogP contribution in [0.25, 0.3) is 11.3 Å². The summed E-state index contributed by atoms with van der Waals surface area (Å²) in [4.78, 5) is 11.8. The molecule has 0 saturated heterocycles. The summed E-state index contributed by atoms with van der Waals surface area (Å²) in [6.07, 6.45) is 0. The highest BCUT2D eigenvalue weighted by molar-refractivity contribution is 14.1. The van der Waals surface area contributed by atoms with Gasteiger partial charge >= 0.3 is 5.97 Å². The van der Waals surface area contributed by atoms with Crippen LogP contribution < -0.4 is 0 Å². The normalized spacial score (nSPS) is 10.4. The molecule has 1 heterocycles. The van der Waals surface area contributed by atoms with Crippen molar-refractivity contribution in [2.45, 2.75) is 13.8 Å². The number of hydrogen-bond donors (Lipinski definition) is 0. The van der Waals surface area contributed by atoms with Crippen LogP contribution in [0.2, 0.25) is 0 Å². The first-order valence-electron chi connectivity index (χ1n) is 5.65. The van der Waals surface area contributed by atoms with E-state index in [1.165, 1.54) is 0 Å². The van der Waals surface area contributed by atoms with Crippen molar-refractivity contribution in [2.24, 2.45) is 0 Å². The maximum absolute atomic E-state index is 11.8. The van der Waals surface area contributed by atoms with Gasteiger partial charge in [-0.25, -0.2) is 4.79 Å². The van der Waals surface area contributed by atoms with Crippen LogP contribution in [0, 0.1) is 10.5 Å². The summed E-state index contributed by atoms with van der Waals surface area (Å²) in [5.41, 5.74) is 1.36. The number of carbonyl (C=O) groups is 1. The Labute approximate surface area is 119 Å². The van der Waals surface area contributed by atoms with Gasteiger partial charge in [0.15, 0.2) is 0 Å². The Morgan fingerprint density at radius 3 is 2.61 bits per heavy atom. The minimum Gasteiger partial charge on any atom is -0.462 e. The molecule has 0 amide bonds. The van der Waals surface area contributed by atoms with E-state index in [9.17, 15) is 4.79 Å². The monoisotopic (exact) mass is 356 g/mol. The van der Waals surface area contributed by atoms with Gasteiger partial charge in [-0.15, -0.1) is 0 Å². The summed E-state index contributed by atoms with van der Waals surface area (Å²) in [5, 5.41) is 0. The van der Waals surface area contributed by atoms with Crippen molar-refractivity contribution in [3.05, 3.63) is 45.2 Å². The van der Waals surface area contributed by atoms with Crippen molar-refractivity contribution < 1.29 is 13.9 Å². The van der Waals surface area contributed by atoms with Crippen LogP contribution in [0.4, 0.5) is 0 Å². The number of benzene rings is 1. The lowest BCUT2D eigenvalue weighted by Gasteiger charge is -2.02. The molecule has 18 heavy (non-hydrogen) atoms. The van der Waals surface area contributed by atoms with E-state index in [1.54, 1.807) is 13.0 Å². The van der Waals surface area contributed by atoms with Crippen molar-refractivity contribution >= 4 is 28.6 Å². The van der Waals surface area contributed by atoms with Gasteiger partial charge in [-0.1, -0.05) is 12.1 Å². The van der Waals surface area contributed by atoms with Gasteiger partial charge < -0.3 is 9.15 Å². The van der Waals surface area contributed by atoms with Gasteiger partial charge in [0.05, 0.1) is 6.61 Å². The second kappa shape index (κ2) is 5.56. The molecule has 94 valence electrons. The van der Waals surface area contributed by atoms with Crippen LogP contribution in [0.1, 0.15) is 23.0 Å². The van der Waals surface area contributed by atoms with E-state index in [4.69, 9.17) is 9.15 Å². The maximum Gasteiger partial charge on any atom is 0.342 e. The first-order chi connectivity index (χ1) is 8.61. The third-order valence-electron chi connectivity index (χ3n) is 2.46.